The van der Waals surface area contributed by atoms with E-state index in [2.05, 4.69) is 25.5 Å². The number of hydrogen-bond donors (Lipinski definition) is 2. The fourth-order valence-corrected chi connectivity index (χ4v) is 2.14. The van der Waals surface area contributed by atoms with Gasteiger partial charge in [-0.25, -0.2) is 0 Å². The Bertz CT molecular complexity index is 742. The number of para-hydroxylation sites is 1. The van der Waals surface area contributed by atoms with Gasteiger partial charge in [0, 0.05) is 12.1 Å². The van der Waals surface area contributed by atoms with Gasteiger partial charge in [-0.05, 0) is 17.7 Å². The van der Waals surface area contributed by atoms with E-state index < -0.39 is 0 Å². The van der Waals surface area contributed by atoms with Crippen molar-refractivity contribution in [3.63, 3.8) is 0 Å². The number of anilines is 1. The molecular weight excluding hydrogens is 278 g/mol. The average Bonchev–Trinajstić information content (AvgIpc) is 2.93. The fourth-order valence-electron chi connectivity index (χ4n) is 1.97. The van der Waals surface area contributed by atoms with E-state index in [4.69, 9.17) is 16.3 Å². The summed E-state index contributed by atoms with van der Waals surface area (Å²) in [6.45, 7) is 0.567. The summed E-state index contributed by atoms with van der Waals surface area (Å²) in [6, 6.07) is 7.79. The smallest absolute Gasteiger partial charge is 0.226 e. The Kier molecular flexibility index (Phi) is 3.39. The van der Waals surface area contributed by atoms with Crippen LogP contribution >= 0.6 is 11.6 Å². The molecule has 7 heteroatoms. The van der Waals surface area contributed by atoms with E-state index in [0.29, 0.717) is 18.0 Å². The van der Waals surface area contributed by atoms with Gasteiger partial charge >= 0.3 is 0 Å². The van der Waals surface area contributed by atoms with E-state index in [1.165, 1.54) is 0 Å². The lowest BCUT2D eigenvalue weighted by atomic mass is 10.2. The number of ether oxygens (including phenoxy) is 1. The monoisotopic (exact) mass is 289 g/mol. The molecule has 3 aromatic rings. The molecule has 0 atom stereocenters. The maximum absolute atomic E-state index is 5.89. The summed E-state index contributed by atoms with van der Waals surface area (Å²) >= 11 is 5.89. The first-order valence-electron chi connectivity index (χ1n) is 6.00. The van der Waals surface area contributed by atoms with Crippen molar-refractivity contribution in [2.75, 3.05) is 12.4 Å². The fraction of sp³-hybridized carbons (Fsp3) is 0.154. The van der Waals surface area contributed by atoms with Crippen molar-refractivity contribution in [3.05, 3.63) is 41.3 Å². The highest BCUT2D eigenvalue weighted by molar-refractivity contribution is 6.28. The van der Waals surface area contributed by atoms with E-state index in [9.17, 15) is 0 Å². The van der Waals surface area contributed by atoms with Crippen molar-refractivity contribution in [1.82, 2.24) is 20.2 Å². The van der Waals surface area contributed by atoms with E-state index in [-0.39, 0.29) is 5.28 Å². The van der Waals surface area contributed by atoms with Crippen molar-refractivity contribution < 1.29 is 4.74 Å². The van der Waals surface area contributed by atoms with Gasteiger partial charge in [-0.3, -0.25) is 5.10 Å². The number of H-pyrrole nitrogens is 1. The van der Waals surface area contributed by atoms with Crippen LogP contribution in [0.15, 0.2) is 30.5 Å². The molecule has 0 aliphatic carbocycles. The zero-order valence-corrected chi connectivity index (χ0v) is 11.5. The van der Waals surface area contributed by atoms with Gasteiger partial charge in [-0.1, -0.05) is 18.2 Å². The van der Waals surface area contributed by atoms with E-state index in [1.54, 1.807) is 13.3 Å². The number of nitrogens with zero attached hydrogens (tertiary/aromatic N) is 3. The van der Waals surface area contributed by atoms with Crippen LogP contribution in [0.4, 0.5) is 5.82 Å². The van der Waals surface area contributed by atoms with Gasteiger partial charge in [0.25, 0.3) is 0 Å². The van der Waals surface area contributed by atoms with Crippen LogP contribution in [0.3, 0.4) is 0 Å². The Labute approximate surface area is 120 Å². The number of rotatable bonds is 4. The van der Waals surface area contributed by atoms with Gasteiger partial charge < -0.3 is 10.1 Å². The predicted molar refractivity (Wildman–Crippen MR) is 77.0 cm³/mol. The zero-order valence-electron chi connectivity index (χ0n) is 10.7. The topological polar surface area (TPSA) is 75.7 Å². The molecule has 0 saturated carbocycles. The second kappa shape index (κ2) is 5.34. The highest BCUT2D eigenvalue weighted by Gasteiger charge is 2.09. The van der Waals surface area contributed by atoms with Crippen molar-refractivity contribution in [2.45, 2.75) is 6.54 Å². The summed E-state index contributed by atoms with van der Waals surface area (Å²) in [6.07, 6.45) is 1.66. The van der Waals surface area contributed by atoms with Gasteiger partial charge in [0.05, 0.1) is 18.7 Å². The third-order valence-corrected chi connectivity index (χ3v) is 3.09. The van der Waals surface area contributed by atoms with E-state index >= 15 is 0 Å². The lowest BCUT2D eigenvalue weighted by Crippen LogP contribution is -2.04. The van der Waals surface area contributed by atoms with Crippen molar-refractivity contribution >= 4 is 28.5 Å². The lowest BCUT2D eigenvalue weighted by Gasteiger charge is -2.10. The minimum atomic E-state index is 0.171. The molecule has 102 valence electrons. The molecule has 2 N–H and O–H groups in total. The first-order chi connectivity index (χ1) is 9.78. The van der Waals surface area contributed by atoms with Crippen LogP contribution in [-0.4, -0.2) is 27.3 Å². The molecule has 0 fully saturated rings. The first kappa shape index (κ1) is 12.7. The number of aromatic nitrogens is 4. The summed E-state index contributed by atoms with van der Waals surface area (Å²) in [5, 5.41) is 10.9. The molecule has 20 heavy (non-hydrogen) atoms. The van der Waals surface area contributed by atoms with E-state index in [0.717, 1.165) is 16.7 Å². The van der Waals surface area contributed by atoms with Crippen molar-refractivity contribution in [3.8, 4) is 5.75 Å². The summed E-state index contributed by atoms with van der Waals surface area (Å²) < 4.78 is 5.31. The van der Waals surface area contributed by atoms with Gasteiger partial charge in [0.2, 0.25) is 5.28 Å². The third-order valence-electron chi connectivity index (χ3n) is 2.92. The molecule has 1 aromatic carbocycles. The standard InChI is InChI=1S/C13H12ClN5O/c1-20-10-5-3-2-4-8(10)6-15-11-9-7-16-19-12(9)18-13(14)17-11/h2-5,7H,6H2,1H3,(H2,15,16,17,18,19). The quantitative estimate of drug-likeness (QED) is 0.722. The SMILES string of the molecule is COc1ccccc1CNc1nc(Cl)nc2[nH]ncc12. The highest BCUT2D eigenvalue weighted by atomic mass is 35.5. The Morgan fingerprint density at radius 2 is 2.15 bits per heavy atom. The Morgan fingerprint density at radius 3 is 3.00 bits per heavy atom. The van der Waals surface area contributed by atoms with Gasteiger partial charge in [0.1, 0.15) is 11.6 Å². The maximum atomic E-state index is 5.89. The molecular formula is C13H12ClN5O. The molecule has 2 aromatic heterocycles. The minimum Gasteiger partial charge on any atom is -0.496 e. The molecule has 3 rings (SSSR count). The van der Waals surface area contributed by atoms with Gasteiger partial charge in [0.15, 0.2) is 5.65 Å². The number of nitrogens with one attached hydrogen (secondary N) is 2. The number of halogens is 1. The van der Waals surface area contributed by atoms with E-state index in [1.807, 2.05) is 24.3 Å². The second-order valence-corrected chi connectivity index (χ2v) is 4.48. The van der Waals surface area contributed by atoms with Crippen LogP contribution < -0.4 is 10.1 Å². The first-order valence-corrected chi connectivity index (χ1v) is 6.38. The van der Waals surface area contributed by atoms with Crippen LogP contribution in [0.5, 0.6) is 5.75 Å². The number of methoxy groups -OCH3 is 1. The predicted octanol–water partition coefficient (Wildman–Crippen LogP) is 2.63. The normalized spacial score (nSPS) is 10.7. The molecule has 0 unspecified atom stereocenters. The Balaban J connectivity index is 1.88. The van der Waals surface area contributed by atoms with Crippen LogP contribution in [0, 0.1) is 0 Å². The second-order valence-electron chi connectivity index (χ2n) is 4.14. The minimum absolute atomic E-state index is 0.171. The molecule has 0 aliphatic heterocycles. The van der Waals surface area contributed by atoms with Crippen LogP contribution in [-0.2, 0) is 6.54 Å². The number of fused-ring (bicyclic) bond motifs is 1. The van der Waals surface area contributed by atoms with Crippen LogP contribution in [0.2, 0.25) is 5.28 Å². The molecule has 2 heterocycles. The van der Waals surface area contributed by atoms with Gasteiger partial charge in [-0.2, -0.15) is 15.1 Å². The molecule has 0 spiro atoms. The molecule has 6 nitrogen and oxygen atoms in total. The molecule has 0 amide bonds. The lowest BCUT2D eigenvalue weighted by molar-refractivity contribution is 0.410. The summed E-state index contributed by atoms with van der Waals surface area (Å²) in [5.74, 6) is 1.46. The average molecular weight is 290 g/mol. The number of hydrogen-bond acceptors (Lipinski definition) is 5. The maximum Gasteiger partial charge on any atom is 0.226 e. The summed E-state index contributed by atoms with van der Waals surface area (Å²) in [5.41, 5.74) is 1.63. The third kappa shape index (κ3) is 2.37. The highest BCUT2D eigenvalue weighted by Crippen LogP contribution is 2.22. The zero-order chi connectivity index (χ0) is 13.9. The van der Waals surface area contributed by atoms with Crippen LogP contribution in [0.1, 0.15) is 5.56 Å². The molecule has 0 aliphatic rings. The number of aromatic amines is 1. The number of benzene rings is 1. The molecule has 0 bridgehead atoms. The summed E-state index contributed by atoms with van der Waals surface area (Å²) in [7, 11) is 1.65. The Morgan fingerprint density at radius 1 is 1.30 bits per heavy atom. The van der Waals surface area contributed by atoms with Crippen molar-refractivity contribution in [2.24, 2.45) is 0 Å². The molecule has 0 saturated heterocycles. The Hall–Kier alpha value is -2.34. The van der Waals surface area contributed by atoms with Gasteiger partial charge in [-0.15, -0.1) is 0 Å². The van der Waals surface area contributed by atoms with Crippen LogP contribution in [0.25, 0.3) is 11.0 Å². The van der Waals surface area contributed by atoms with Crippen molar-refractivity contribution in [1.29, 1.82) is 0 Å². The largest absolute Gasteiger partial charge is 0.496 e. The molecule has 0 radical (unpaired) electrons. The summed E-state index contributed by atoms with van der Waals surface area (Å²) in [4.78, 5) is 8.24.